The van der Waals surface area contributed by atoms with Crippen molar-refractivity contribution in [2.24, 2.45) is 17.1 Å². The summed E-state index contributed by atoms with van der Waals surface area (Å²) in [5, 5.41) is 0. The molecule has 0 saturated carbocycles. The van der Waals surface area contributed by atoms with E-state index in [2.05, 4.69) is 32.9 Å². The number of hydrogen-bond donors (Lipinski definition) is 1. The van der Waals surface area contributed by atoms with Crippen LogP contribution < -0.4 is 5.73 Å². The Kier molecular flexibility index (Phi) is 7.84. The Morgan fingerprint density at radius 2 is 1.80 bits per heavy atom. The SMILES string of the molecule is CC(CN)C(=O)N(Cc1ccccc1)CC(C)(C)C.Cl. The predicted molar refractivity (Wildman–Crippen MR) is 86.8 cm³/mol. The quantitative estimate of drug-likeness (QED) is 0.908. The molecule has 4 heteroatoms. The highest BCUT2D eigenvalue weighted by molar-refractivity contribution is 5.85. The summed E-state index contributed by atoms with van der Waals surface area (Å²) in [6.45, 7) is 10.1. The van der Waals surface area contributed by atoms with E-state index in [1.807, 2.05) is 30.0 Å². The summed E-state index contributed by atoms with van der Waals surface area (Å²) in [6.07, 6.45) is 0. The topological polar surface area (TPSA) is 46.3 Å². The second-order valence-electron chi connectivity index (χ2n) is 6.38. The molecule has 0 saturated heterocycles. The third-order valence-corrected chi connectivity index (χ3v) is 2.97. The number of hydrogen-bond acceptors (Lipinski definition) is 2. The van der Waals surface area contributed by atoms with Crippen LogP contribution in [-0.2, 0) is 11.3 Å². The maximum atomic E-state index is 12.4. The van der Waals surface area contributed by atoms with E-state index in [1.54, 1.807) is 0 Å². The average Bonchev–Trinajstić information content (AvgIpc) is 2.36. The molecule has 20 heavy (non-hydrogen) atoms. The number of carbonyl (C=O) groups excluding carboxylic acids is 1. The first-order chi connectivity index (χ1) is 8.83. The van der Waals surface area contributed by atoms with Crippen molar-refractivity contribution >= 4 is 18.3 Å². The molecule has 1 aromatic rings. The molecule has 1 rings (SSSR count). The fraction of sp³-hybridized carbons (Fsp3) is 0.562. The number of halogens is 1. The molecule has 2 N–H and O–H groups in total. The van der Waals surface area contributed by atoms with Gasteiger partial charge in [0.1, 0.15) is 0 Å². The van der Waals surface area contributed by atoms with E-state index in [1.165, 1.54) is 0 Å². The summed E-state index contributed by atoms with van der Waals surface area (Å²) < 4.78 is 0. The van der Waals surface area contributed by atoms with Gasteiger partial charge in [0.05, 0.1) is 0 Å². The molecule has 1 atom stereocenters. The second kappa shape index (κ2) is 8.28. The average molecular weight is 299 g/mol. The molecule has 3 nitrogen and oxygen atoms in total. The molecule has 1 amide bonds. The largest absolute Gasteiger partial charge is 0.338 e. The molecule has 0 aliphatic heterocycles. The van der Waals surface area contributed by atoms with Crippen LogP contribution in [0.5, 0.6) is 0 Å². The van der Waals surface area contributed by atoms with E-state index < -0.39 is 0 Å². The van der Waals surface area contributed by atoms with Crippen molar-refractivity contribution in [1.29, 1.82) is 0 Å². The van der Waals surface area contributed by atoms with E-state index in [9.17, 15) is 4.79 Å². The van der Waals surface area contributed by atoms with Crippen LogP contribution in [0.2, 0.25) is 0 Å². The van der Waals surface area contributed by atoms with E-state index >= 15 is 0 Å². The Hall–Kier alpha value is -1.06. The van der Waals surface area contributed by atoms with Crippen LogP contribution in [0, 0.1) is 11.3 Å². The van der Waals surface area contributed by atoms with Crippen LogP contribution in [0.25, 0.3) is 0 Å². The van der Waals surface area contributed by atoms with Crippen LogP contribution in [0.4, 0.5) is 0 Å². The molecule has 0 aromatic heterocycles. The van der Waals surface area contributed by atoms with Crippen LogP contribution in [0.1, 0.15) is 33.3 Å². The lowest BCUT2D eigenvalue weighted by Crippen LogP contribution is -2.41. The summed E-state index contributed by atoms with van der Waals surface area (Å²) >= 11 is 0. The van der Waals surface area contributed by atoms with Crippen molar-refractivity contribution in [3.05, 3.63) is 35.9 Å². The van der Waals surface area contributed by atoms with Gasteiger partial charge in [-0.2, -0.15) is 0 Å². The molecule has 1 aromatic carbocycles. The zero-order chi connectivity index (χ0) is 14.5. The minimum absolute atomic E-state index is 0. The van der Waals surface area contributed by atoms with Gasteiger partial charge in [-0.1, -0.05) is 58.0 Å². The van der Waals surface area contributed by atoms with Crippen molar-refractivity contribution in [2.75, 3.05) is 13.1 Å². The highest BCUT2D eigenvalue weighted by atomic mass is 35.5. The molecule has 0 spiro atoms. The van der Waals surface area contributed by atoms with Gasteiger partial charge < -0.3 is 10.6 Å². The lowest BCUT2D eigenvalue weighted by Gasteiger charge is -2.32. The minimum atomic E-state index is -0.119. The van der Waals surface area contributed by atoms with Crippen molar-refractivity contribution in [2.45, 2.75) is 34.2 Å². The third-order valence-electron chi connectivity index (χ3n) is 2.97. The van der Waals surface area contributed by atoms with Gasteiger partial charge in [0.2, 0.25) is 5.91 Å². The Labute approximate surface area is 128 Å². The summed E-state index contributed by atoms with van der Waals surface area (Å²) in [5.74, 6) is 0.0207. The molecular weight excluding hydrogens is 272 g/mol. The number of amides is 1. The molecular formula is C16H27ClN2O. The Morgan fingerprint density at radius 3 is 2.25 bits per heavy atom. The second-order valence-corrected chi connectivity index (χ2v) is 6.38. The van der Waals surface area contributed by atoms with Crippen molar-refractivity contribution in [3.8, 4) is 0 Å². The number of rotatable bonds is 5. The summed E-state index contributed by atoms with van der Waals surface area (Å²) in [6, 6.07) is 10.1. The fourth-order valence-corrected chi connectivity index (χ4v) is 2.00. The van der Waals surface area contributed by atoms with Gasteiger partial charge >= 0.3 is 0 Å². The highest BCUT2D eigenvalue weighted by Gasteiger charge is 2.24. The summed E-state index contributed by atoms with van der Waals surface area (Å²) in [4.78, 5) is 14.3. The molecule has 0 radical (unpaired) electrons. The highest BCUT2D eigenvalue weighted by Crippen LogP contribution is 2.19. The lowest BCUT2D eigenvalue weighted by molar-refractivity contribution is -0.136. The number of nitrogens with zero attached hydrogens (tertiary/aromatic N) is 1. The first kappa shape index (κ1) is 18.9. The normalized spacial score (nSPS) is 12.4. The van der Waals surface area contributed by atoms with Gasteiger partial charge in [-0.3, -0.25) is 4.79 Å². The predicted octanol–water partition coefficient (Wildman–Crippen LogP) is 3.08. The molecule has 0 heterocycles. The van der Waals surface area contributed by atoms with Crippen molar-refractivity contribution < 1.29 is 4.79 Å². The first-order valence-electron chi connectivity index (χ1n) is 6.86. The fourth-order valence-electron chi connectivity index (χ4n) is 2.00. The van der Waals surface area contributed by atoms with Gasteiger partial charge in [0.25, 0.3) is 0 Å². The molecule has 1 unspecified atom stereocenters. The zero-order valence-electron chi connectivity index (χ0n) is 12.9. The smallest absolute Gasteiger partial charge is 0.226 e. The molecule has 0 bridgehead atoms. The maximum absolute atomic E-state index is 12.4. The van der Waals surface area contributed by atoms with Gasteiger partial charge in [-0.05, 0) is 11.0 Å². The third kappa shape index (κ3) is 6.40. The number of nitrogens with two attached hydrogens (primary N) is 1. The first-order valence-corrected chi connectivity index (χ1v) is 6.86. The molecule has 0 fully saturated rings. The lowest BCUT2D eigenvalue weighted by atomic mass is 9.95. The van der Waals surface area contributed by atoms with E-state index in [0.717, 1.165) is 12.1 Å². The Balaban J connectivity index is 0.00000361. The van der Waals surface area contributed by atoms with Gasteiger partial charge in [0.15, 0.2) is 0 Å². The van der Waals surface area contributed by atoms with E-state index in [0.29, 0.717) is 13.1 Å². The molecule has 114 valence electrons. The monoisotopic (exact) mass is 298 g/mol. The van der Waals surface area contributed by atoms with Crippen molar-refractivity contribution in [1.82, 2.24) is 4.90 Å². The molecule has 0 aliphatic rings. The Morgan fingerprint density at radius 1 is 1.25 bits per heavy atom. The van der Waals surface area contributed by atoms with Crippen LogP contribution in [0.3, 0.4) is 0 Å². The molecule has 0 aliphatic carbocycles. The number of benzene rings is 1. The van der Waals surface area contributed by atoms with Crippen LogP contribution in [0.15, 0.2) is 30.3 Å². The minimum Gasteiger partial charge on any atom is -0.338 e. The summed E-state index contributed by atoms with van der Waals surface area (Å²) in [7, 11) is 0. The van der Waals surface area contributed by atoms with Gasteiger partial charge in [-0.25, -0.2) is 0 Å². The Bertz CT molecular complexity index is 401. The number of carbonyl (C=O) groups is 1. The standard InChI is InChI=1S/C16H26N2O.ClH/c1-13(10-17)15(19)18(12-16(2,3)4)11-14-8-6-5-7-9-14;/h5-9,13H,10-12,17H2,1-4H3;1H. The van der Waals surface area contributed by atoms with Crippen LogP contribution in [-0.4, -0.2) is 23.9 Å². The van der Waals surface area contributed by atoms with Crippen LogP contribution >= 0.6 is 12.4 Å². The van der Waals surface area contributed by atoms with E-state index in [4.69, 9.17) is 5.73 Å². The van der Waals surface area contributed by atoms with Gasteiger partial charge in [0, 0.05) is 25.6 Å². The van der Waals surface area contributed by atoms with E-state index in [-0.39, 0.29) is 29.6 Å². The summed E-state index contributed by atoms with van der Waals surface area (Å²) in [5.41, 5.74) is 6.86. The zero-order valence-corrected chi connectivity index (χ0v) is 13.7. The van der Waals surface area contributed by atoms with Gasteiger partial charge in [-0.15, -0.1) is 12.4 Å². The van der Waals surface area contributed by atoms with Crippen molar-refractivity contribution in [3.63, 3.8) is 0 Å². The maximum Gasteiger partial charge on any atom is 0.226 e.